The molecule has 0 atom stereocenters. The third-order valence-corrected chi connectivity index (χ3v) is 2.13. The molecule has 0 bridgehead atoms. The summed E-state index contributed by atoms with van der Waals surface area (Å²) >= 11 is 3.08. The largest absolute Gasteiger partial charge is 0.478 e. The number of nitrogen functional groups attached to an aromatic ring is 1. The van der Waals surface area contributed by atoms with Crippen LogP contribution in [0.15, 0.2) is 10.7 Å². The van der Waals surface area contributed by atoms with Crippen LogP contribution in [0.25, 0.3) is 0 Å². The Balaban J connectivity index is 3.43. The highest BCUT2D eigenvalue weighted by Gasteiger charge is 2.13. The lowest BCUT2D eigenvalue weighted by molar-refractivity contribution is 0.0695. The second kappa shape index (κ2) is 3.10. The molecule has 0 fully saturated rings. The SMILES string of the molecule is Cc1c(N)ncc(Br)c1C(=O)O. The van der Waals surface area contributed by atoms with Crippen LogP contribution in [-0.2, 0) is 0 Å². The number of carboxylic acid groups (broad SMARTS) is 1. The second-order valence-corrected chi connectivity index (χ2v) is 3.15. The van der Waals surface area contributed by atoms with Gasteiger partial charge < -0.3 is 10.8 Å². The fraction of sp³-hybridized carbons (Fsp3) is 0.143. The highest BCUT2D eigenvalue weighted by Crippen LogP contribution is 2.22. The van der Waals surface area contributed by atoms with Crippen molar-refractivity contribution < 1.29 is 9.90 Å². The van der Waals surface area contributed by atoms with Crippen LogP contribution in [0.4, 0.5) is 5.82 Å². The van der Waals surface area contributed by atoms with E-state index in [0.717, 1.165) is 0 Å². The van der Waals surface area contributed by atoms with Gasteiger partial charge in [-0.05, 0) is 22.9 Å². The second-order valence-electron chi connectivity index (χ2n) is 2.30. The Hall–Kier alpha value is -1.10. The number of halogens is 1. The molecule has 0 aromatic carbocycles. The molecule has 0 saturated heterocycles. The van der Waals surface area contributed by atoms with Crippen LogP contribution < -0.4 is 5.73 Å². The van der Waals surface area contributed by atoms with Gasteiger partial charge in [0.1, 0.15) is 5.82 Å². The van der Waals surface area contributed by atoms with Crippen molar-refractivity contribution in [2.24, 2.45) is 0 Å². The van der Waals surface area contributed by atoms with Crippen LogP contribution in [0.5, 0.6) is 0 Å². The van der Waals surface area contributed by atoms with E-state index in [2.05, 4.69) is 20.9 Å². The molecule has 1 aromatic heterocycles. The van der Waals surface area contributed by atoms with Crippen molar-refractivity contribution >= 4 is 27.7 Å². The molecule has 4 nitrogen and oxygen atoms in total. The van der Waals surface area contributed by atoms with Gasteiger partial charge in [0.2, 0.25) is 0 Å². The number of aromatic nitrogens is 1. The van der Waals surface area contributed by atoms with E-state index in [1.54, 1.807) is 6.92 Å². The van der Waals surface area contributed by atoms with E-state index >= 15 is 0 Å². The van der Waals surface area contributed by atoms with Crippen molar-refractivity contribution in [3.63, 3.8) is 0 Å². The summed E-state index contributed by atoms with van der Waals surface area (Å²) in [6.45, 7) is 1.62. The zero-order chi connectivity index (χ0) is 9.30. The van der Waals surface area contributed by atoms with Gasteiger partial charge in [0, 0.05) is 11.8 Å². The molecule has 0 spiro atoms. The normalized spacial score (nSPS) is 9.83. The van der Waals surface area contributed by atoms with E-state index in [1.807, 2.05) is 0 Å². The third kappa shape index (κ3) is 1.40. The molecule has 0 unspecified atom stereocenters. The van der Waals surface area contributed by atoms with Crippen LogP contribution in [-0.4, -0.2) is 16.1 Å². The fourth-order valence-corrected chi connectivity index (χ4v) is 1.43. The van der Waals surface area contributed by atoms with E-state index in [-0.39, 0.29) is 11.4 Å². The molecule has 0 amide bonds. The highest BCUT2D eigenvalue weighted by molar-refractivity contribution is 9.10. The quantitative estimate of drug-likeness (QED) is 0.766. The van der Waals surface area contributed by atoms with Gasteiger partial charge >= 0.3 is 5.97 Å². The summed E-state index contributed by atoms with van der Waals surface area (Å²) in [5.41, 5.74) is 6.08. The number of pyridine rings is 1. The molecule has 12 heavy (non-hydrogen) atoms. The van der Waals surface area contributed by atoms with E-state index in [4.69, 9.17) is 10.8 Å². The van der Waals surface area contributed by atoms with Crippen molar-refractivity contribution in [2.45, 2.75) is 6.92 Å². The Morgan fingerprint density at radius 1 is 1.75 bits per heavy atom. The van der Waals surface area contributed by atoms with Gasteiger partial charge in [-0.1, -0.05) is 0 Å². The van der Waals surface area contributed by atoms with Gasteiger partial charge in [0.05, 0.1) is 10.0 Å². The van der Waals surface area contributed by atoms with Crippen LogP contribution in [0.3, 0.4) is 0 Å². The Morgan fingerprint density at radius 3 is 2.75 bits per heavy atom. The van der Waals surface area contributed by atoms with E-state index < -0.39 is 5.97 Å². The summed E-state index contributed by atoms with van der Waals surface area (Å²) in [6.07, 6.45) is 1.38. The number of carbonyl (C=O) groups is 1. The molecule has 0 aliphatic heterocycles. The maximum absolute atomic E-state index is 10.7. The minimum absolute atomic E-state index is 0.169. The summed E-state index contributed by atoms with van der Waals surface area (Å²) in [5, 5.41) is 8.76. The van der Waals surface area contributed by atoms with Gasteiger partial charge in [0.25, 0.3) is 0 Å². The lowest BCUT2D eigenvalue weighted by Gasteiger charge is -2.04. The minimum atomic E-state index is -1.01. The molecule has 0 radical (unpaired) electrons. The maximum Gasteiger partial charge on any atom is 0.337 e. The molecule has 0 saturated carbocycles. The van der Waals surface area contributed by atoms with Gasteiger partial charge in [-0.2, -0.15) is 0 Å². The lowest BCUT2D eigenvalue weighted by atomic mass is 10.1. The number of hydrogen-bond acceptors (Lipinski definition) is 3. The predicted molar refractivity (Wildman–Crippen MR) is 48.0 cm³/mol. The number of hydrogen-bond donors (Lipinski definition) is 2. The van der Waals surface area contributed by atoms with Crippen molar-refractivity contribution in [2.75, 3.05) is 5.73 Å². The van der Waals surface area contributed by atoms with Crippen molar-refractivity contribution in [1.82, 2.24) is 4.98 Å². The molecular formula is C7H7BrN2O2. The number of anilines is 1. The van der Waals surface area contributed by atoms with E-state index in [0.29, 0.717) is 10.0 Å². The van der Waals surface area contributed by atoms with Crippen LogP contribution in [0.2, 0.25) is 0 Å². The molecule has 0 aliphatic rings. The zero-order valence-corrected chi connectivity index (χ0v) is 7.92. The van der Waals surface area contributed by atoms with Crippen molar-refractivity contribution in [1.29, 1.82) is 0 Å². The first kappa shape index (κ1) is 8.99. The summed E-state index contributed by atoms with van der Waals surface area (Å²) in [5.74, 6) is -0.760. The topological polar surface area (TPSA) is 76.2 Å². The Morgan fingerprint density at radius 2 is 2.33 bits per heavy atom. The molecule has 1 heterocycles. The molecule has 3 N–H and O–H groups in total. The minimum Gasteiger partial charge on any atom is -0.478 e. The monoisotopic (exact) mass is 230 g/mol. The van der Waals surface area contributed by atoms with Crippen LogP contribution in [0, 0.1) is 6.92 Å². The van der Waals surface area contributed by atoms with Crippen LogP contribution in [0.1, 0.15) is 15.9 Å². The van der Waals surface area contributed by atoms with E-state index in [9.17, 15) is 4.79 Å². The first-order valence-corrected chi connectivity index (χ1v) is 3.97. The summed E-state index contributed by atoms with van der Waals surface area (Å²) in [7, 11) is 0. The van der Waals surface area contributed by atoms with Crippen molar-refractivity contribution in [3.8, 4) is 0 Å². The zero-order valence-electron chi connectivity index (χ0n) is 6.34. The summed E-state index contributed by atoms with van der Waals surface area (Å²) in [4.78, 5) is 14.5. The fourth-order valence-electron chi connectivity index (χ4n) is 0.857. The Kier molecular flexibility index (Phi) is 2.32. The van der Waals surface area contributed by atoms with E-state index in [1.165, 1.54) is 6.20 Å². The molecule has 64 valence electrons. The predicted octanol–water partition coefficient (Wildman–Crippen LogP) is 1.43. The van der Waals surface area contributed by atoms with Crippen LogP contribution >= 0.6 is 15.9 Å². The van der Waals surface area contributed by atoms with Gasteiger partial charge in [0.15, 0.2) is 0 Å². The lowest BCUT2D eigenvalue weighted by Crippen LogP contribution is -2.05. The summed E-state index contributed by atoms with van der Waals surface area (Å²) < 4.78 is 0.446. The molecule has 1 rings (SSSR count). The van der Waals surface area contributed by atoms with Gasteiger partial charge in [-0.3, -0.25) is 0 Å². The first-order chi connectivity index (χ1) is 5.54. The molecule has 1 aromatic rings. The molecular weight excluding hydrogens is 224 g/mol. The van der Waals surface area contributed by atoms with Gasteiger partial charge in [-0.25, -0.2) is 9.78 Å². The number of nitrogens with two attached hydrogens (primary N) is 1. The third-order valence-electron chi connectivity index (χ3n) is 1.53. The number of rotatable bonds is 1. The average molecular weight is 231 g/mol. The number of carboxylic acids is 1. The first-order valence-electron chi connectivity index (χ1n) is 3.18. The average Bonchev–Trinajstić information content (AvgIpc) is 1.97. The van der Waals surface area contributed by atoms with Gasteiger partial charge in [-0.15, -0.1) is 0 Å². The standard InChI is InChI=1S/C7H7BrN2O2/c1-3-5(7(11)12)4(8)2-10-6(3)9/h2H,1H3,(H2,9,10)(H,11,12). The molecule has 5 heteroatoms. The maximum atomic E-state index is 10.7. The number of aromatic carboxylic acids is 1. The number of nitrogens with zero attached hydrogens (tertiary/aromatic N) is 1. The van der Waals surface area contributed by atoms with Crippen molar-refractivity contribution in [3.05, 3.63) is 21.8 Å². The smallest absolute Gasteiger partial charge is 0.337 e. The Labute approximate surface area is 77.5 Å². The summed E-state index contributed by atoms with van der Waals surface area (Å²) in [6, 6.07) is 0. The highest BCUT2D eigenvalue weighted by atomic mass is 79.9. The Bertz CT molecular complexity index is 338. The molecule has 0 aliphatic carbocycles.